The van der Waals surface area contributed by atoms with Crippen LogP contribution >= 0.6 is 11.6 Å². The molecule has 0 aliphatic carbocycles. The van der Waals surface area contributed by atoms with Crippen molar-refractivity contribution < 1.29 is 0 Å². The number of aromatic nitrogens is 3. The summed E-state index contributed by atoms with van der Waals surface area (Å²) < 4.78 is 0. The SMILES string of the molecule is CCCN(C)Cc1c[nH]nc1-c1cnc(Cl)c(C)c1. The normalized spacial score (nSPS) is 11.2. The molecule has 0 aliphatic heterocycles. The van der Waals surface area contributed by atoms with Crippen molar-refractivity contribution >= 4 is 11.6 Å². The van der Waals surface area contributed by atoms with Crippen molar-refractivity contribution in [1.29, 1.82) is 0 Å². The van der Waals surface area contributed by atoms with E-state index in [2.05, 4.69) is 34.1 Å². The zero-order chi connectivity index (χ0) is 13.8. The van der Waals surface area contributed by atoms with Gasteiger partial charge in [-0.05, 0) is 38.6 Å². The molecule has 0 saturated heterocycles. The second-order valence-electron chi connectivity index (χ2n) is 4.83. The number of rotatable bonds is 5. The van der Waals surface area contributed by atoms with E-state index in [4.69, 9.17) is 11.6 Å². The smallest absolute Gasteiger partial charge is 0.131 e. The molecule has 2 aromatic heterocycles. The second-order valence-corrected chi connectivity index (χ2v) is 5.19. The van der Waals surface area contributed by atoms with E-state index < -0.39 is 0 Å². The molecule has 0 amide bonds. The molecule has 0 radical (unpaired) electrons. The van der Waals surface area contributed by atoms with Gasteiger partial charge in [0.1, 0.15) is 5.15 Å². The lowest BCUT2D eigenvalue weighted by atomic mass is 10.1. The summed E-state index contributed by atoms with van der Waals surface area (Å²) >= 11 is 5.96. The number of hydrogen-bond donors (Lipinski definition) is 1. The molecule has 2 aromatic rings. The lowest BCUT2D eigenvalue weighted by molar-refractivity contribution is 0.328. The van der Waals surface area contributed by atoms with Crippen molar-refractivity contribution in [3.8, 4) is 11.3 Å². The molecule has 102 valence electrons. The molecule has 0 unspecified atom stereocenters. The van der Waals surface area contributed by atoms with Crippen LogP contribution in [0, 0.1) is 6.92 Å². The molecule has 5 heteroatoms. The van der Waals surface area contributed by atoms with Crippen LogP contribution in [0.4, 0.5) is 0 Å². The minimum absolute atomic E-state index is 0.545. The lowest BCUT2D eigenvalue weighted by Crippen LogP contribution is -2.18. The van der Waals surface area contributed by atoms with Crippen LogP contribution in [0.15, 0.2) is 18.5 Å². The third kappa shape index (κ3) is 3.33. The van der Waals surface area contributed by atoms with E-state index in [0.717, 1.165) is 36.3 Å². The summed E-state index contributed by atoms with van der Waals surface area (Å²) in [6.07, 6.45) is 4.87. The topological polar surface area (TPSA) is 44.8 Å². The van der Waals surface area contributed by atoms with E-state index in [1.807, 2.05) is 19.2 Å². The van der Waals surface area contributed by atoms with Crippen molar-refractivity contribution in [1.82, 2.24) is 20.1 Å². The van der Waals surface area contributed by atoms with Crippen LogP contribution < -0.4 is 0 Å². The van der Waals surface area contributed by atoms with Crippen molar-refractivity contribution in [3.05, 3.63) is 34.7 Å². The lowest BCUT2D eigenvalue weighted by Gasteiger charge is -2.15. The van der Waals surface area contributed by atoms with Crippen LogP contribution in [-0.4, -0.2) is 33.7 Å². The highest BCUT2D eigenvalue weighted by Crippen LogP contribution is 2.24. The first-order chi connectivity index (χ1) is 9.11. The molecule has 0 atom stereocenters. The number of aryl methyl sites for hydroxylation is 1. The van der Waals surface area contributed by atoms with Crippen molar-refractivity contribution in [3.63, 3.8) is 0 Å². The van der Waals surface area contributed by atoms with E-state index in [1.54, 1.807) is 6.20 Å². The van der Waals surface area contributed by atoms with E-state index in [-0.39, 0.29) is 0 Å². The predicted octanol–water partition coefficient (Wildman–Crippen LogP) is 3.28. The van der Waals surface area contributed by atoms with Gasteiger partial charge in [0, 0.05) is 30.1 Å². The summed E-state index contributed by atoms with van der Waals surface area (Å²) in [7, 11) is 2.12. The molecule has 0 bridgehead atoms. The summed E-state index contributed by atoms with van der Waals surface area (Å²) in [6, 6.07) is 2.02. The van der Waals surface area contributed by atoms with Crippen molar-refractivity contribution in [2.24, 2.45) is 0 Å². The minimum atomic E-state index is 0.545. The molecule has 2 heterocycles. The second kappa shape index (κ2) is 6.17. The number of halogens is 1. The minimum Gasteiger partial charge on any atom is -0.302 e. The molecule has 0 aromatic carbocycles. The standard InChI is InChI=1S/C14H19ClN4/c1-4-5-19(3)9-12-8-17-18-13(12)11-6-10(2)14(15)16-7-11/h6-8H,4-5,9H2,1-3H3,(H,17,18). The number of nitrogens with zero attached hydrogens (tertiary/aromatic N) is 3. The molecule has 4 nitrogen and oxygen atoms in total. The molecule has 0 aliphatic rings. The Hall–Kier alpha value is -1.39. The van der Waals surface area contributed by atoms with Crippen LogP contribution in [-0.2, 0) is 6.54 Å². The van der Waals surface area contributed by atoms with Gasteiger partial charge in [0.2, 0.25) is 0 Å². The van der Waals surface area contributed by atoms with Gasteiger partial charge in [0.25, 0.3) is 0 Å². The Labute approximate surface area is 118 Å². The van der Waals surface area contributed by atoms with Gasteiger partial charge in [0.05, 0.1) is 5.69 Å². The molecule has 2 rings (SSSR count). The number of nitrogens with one attached hydrogen (secondary N) is 1. The predicted molar refractivity (Wildman–Crippen MR) is 78.2 cm³/mol. The number of aromatic amines is 1. The fourth-order valence-electron chi connectivity index (χ4n) is 2.12. The molecule has 0 saturated carbocycles. The summed E-state index contributed by atoms with van der Waals surface area (Å²) in [5.41, 5.74) is 4.10. The molecule has 1 N–H and O–H groups in total. The third-order valence-corrected chi connectivity index (χ3v) is 3.45. The fourth-order valence-corrected chi connectivity index (χ4v) is 2.23. The highest BCUT2D eigenvalue weighted by atomic mass is 35.5. The molecule has 0 spiro atoms. The van der Waals surface area contributed by atoms with Gasteiger partial charge >= 0.3 is 0 Å². The summed E-state index contributed by atoms with van der Waals surface area (Å²) in [4.78, 5) is 6.47. The Morgan fingerprint density at radius 2 is 2.21 bits per heavy atom. The average molecular weight is 279 g/mol. The highest BCUT2D eigenvalue weighted by molar-refractivity contribution is 6.30. The Bertz CT molecular complexity index is 550. The van der Waals surface area contributed by atoms with Crippen molar-refractivity contribution in [2.45, 2.75) is 26.8 Å². The van der Waals surface area contributed by atoms with Gasteiger partial charge in [-0.15, -0.1) is 0 Å². The summed E-state index contributed by atoms with van der Waals surface area (Å²) in [5.74, 6) is 0. The van der Waals surface area contributed by atoms with Crippen LogP contribution in [0.5, 0.6) is 0 Å². The van der Waals surface area contributed by atoms with Gasteiger partial charge in [-0.2, -0.15) is 5.10 Å². The first-order valence-electron chi connectivity index (χ1n) is 6.45. The van der Waals surface area contributed by atoms with E-state index in [0.29, 0.717) is 5.15 Å². The van der Waals surface area contributed by atoms with Gasteiger partial charge in [-0.3, -0.25) is 5.10 Å². The van der Waals surface area contributed by atoms with Crippen LogP contribution in [0.25, 0.3) is 11.3 Å². The summed E-state index contributed by atoms with van der Waals surface area (Å²) in [6.45, 7) is 6.08. The zero-order valence-corrected chi connectivity index (χ0v) is 12.3. The molecular formula is C14H19ClN4. The van der Waals surface area contributed by atoms with E-state index >= 15 is 0 Å². The van der Waals surface area contributed by atoms with Gasteiger partial charge < -0.3 is 4.90 Å². The average Bonchev–Trinajstić information content (AvgIpc) is 2.81. The van der Waals surface area contributed by atoms with Gasteiger partial charge in [-0.1, -0.05) is 18.5 Å². The van der Waals surface area contributed by atoms with Crippen LogP contribution in [0.3, 0.4) is 0 Å². The molecular weight excluding hydrogens is 260 g/mol. The van der Waals surface area contributed by atoms with E-state index in [9.17, 15) is 0 Å². The largest absolute Gasteiger partial charge is 0.302 e. The first-order valence-corrected chi connectivity index (χ1v) is 6.83. The monoisotopic (exact) mass is 278 g/mol. The first kappa shape index (κ1) is 14.0. The van der Waals surface area contributed by atoms with Gasteiger partial charge in [0.15, 0.2) is 0 Å². The number of pyridine rings is 1. The zero-order valence-electron chi connectivity index (χ0n) is 11.6. The third-order valence-electron chi connectivity index (χ3n) is 3.05. The highest BCUT2D eigenvalue weighted by Gasteiger charge is 2.11. The Morgan fingerprint density at radius 1 is 1.42 bits per heavy atom. The summed E-state index contributed by atoms with van der Waals surface area (Å²) in [5, 5.41) is 7.82. The van der Waals surface area contributed by atoms with Crippen LogP contribution in [0.1, 0.15) is 24.5 Å². The number of hydrogen-bond acceptors (Lipinski definition) is 3. The Morgan fingerprint density at radius 3 is 2.89 bits per heavy atom. The quantitative estimate of drug-likeness (QED) is 0.854. The fraction of sp³-hybridized carbons (Fsp3) is 0.429. The van der Waals surface area contributed by atoms with Crippen LogP contribution in [0.2, 0.25) is 5.15 Å². The Kier molecular flexibility index (Phi) is 4.56. The maximum absolute atomic E-state index is 5.96. The Balaban J connectivity index is 2.25. The maximum Gasteiger partial charge on any atom is 0.131 e. The van der Waals surface area contributed by atoms with Gasteiger partial charge in [-0.25, -0.2) is 4.98 Å². The van der Waals surface area contributed by atoms with E-state index in [1.165, 1.54) is 5.56 Å². The maximum atomic E-state index is 5.96. The number of H-pyrrole nitrogens is 1. The van der Waals surface area contributed by atoms with Crippen molar-refractivity contribution in [2.75, 3.05) is 13.6 Å². The molecule has 19 heavy (non-hydrogen) atoms. The molecule has 0 fully saturated rings.